The second-order valence-corrected chi connectivity index (χ2v) is 5.48. The molecule has 0 aromatic heterocycles. The fourth-order valence-corrected chi connectivity index (χ4v) is 1.76. The van der Waals surface area contributed by atoms with Gasteiger partial charge in [0.1, 0.15) is 11.6 Å². The highest BCUT2D eigenvalue weighted by Crippen LogP contribution is 2.10. The highest BCUT2D eigenvalue weighted by Gasteiger charge is 2.07. The van der Waals surface area contributed by atoms with Crippen LogP contribution in [0.25, 0.3) is 0 Å². The number of rotatable bonds is 9. The van der Waals surface area contributed by atoms with Gasteiger partial charge >= 0.3 is 0 Å². The van der Waals surface area contributed by atoms with Crippen LogP contribution < -0.4 is 0 Å². The van der Waals surface area contributed by atoms with Gasteiger partial charge in [0.05, 0.1) is 0 Å². The highest BCUT2D eigenvalue weighted by atomic mass is 16.1. The molecule has 94 valence electrons. The zero-order valence-corrected chi connectivity index (χ0v) is 11.2. The van der Waals surface area contributed by atoms with Crippen LogP contribution in [0.15, 0.2) is 0 Å². The third-order valence-corrected chi connectivity index (χ3v) is 2.43. The van der Waals surface area contributed by atoms with E-state index in [-0.39, 0.29) is 0 Å². The van der Waals surface area contributed by atoms with E-state index in [1.807, 2.05) is 0 Å². The second-order valence-electron chi connectivity index (χ2n) is 5.48. The molecule has 0 amide bonds. The van der Waals surface area contributed by atoms with Gasteiger partial charge in [0.2, 0.25) is 0 Å². The molecule has 0 heterocycles. The largest absolute Gasteiger partial charge is 0.300 e. The van der Waals surface area contributed by atoms with Crippen molar-refractivity contribution in [2.75, 3.05) is 0 Å². The summed E-state index contributed by atoms with van der Waals surface area (Å²) in [6.45, 7) is 8.24. The number of hydrogen-bond acceptors (Lipinski definition) is 2. The quantitative estimate of drug-likeness (QED) is 0.561. The van der Waals surface area contributed by atoms with Crippen LogP contribution in [-0.2, 0) is 9.59 Å². The van der Waals surface area contributed by atoms with Gasteiger partial charge in [-0.2, -0.15) is 0 Å². The molecule has 0 aliphatic carbocycles. The van der Waals surface area contributed by atoms with Crippen molar-refractivity contribution < 1.29 is 9.59 Å². The normalized spacial score (nSPS) is 11.1. The molecule has 0 radical (unpaired) electrons. The minimum absolute atomic E-state index is 0.339. The Morgan fingerprint density at radius 3 is 1.31 bits per heavy atom. The van der Waals surface area contributed by atoms with Gasteiger partial charge in [-0.05, 0) is 24.7 Å². The van der Waals surface area contributed by atoms with Crippen molar-refractivity contribution >= 4 is 11.6 Å². The number of carbonyl (C=O) groups excluding carboxylic acids is 2. The maximum atomic E-state index is 11.4. The van der Waals surface area contributed by atoms with Gasteiger partial charge in [0, 0.05) is 25.7 Å². The SMILES string of the molecule is CC(C)CC(=O)CCCCC(=O)CC(C)C. The number of unbranched alkanes of at least 4 members (excludes halogenated alkanes) is 1. The van der Waals surface area contributed by atoms with E-state index in [9.17, 15) is 9.59 Å². The predicted molar refractivity (Wildman–Crippen MR) is 67.4 cm³/mol. The average Bonchev–Trinajstić information content (AvgIpc) is 2.10. The van der Waals surface area contributed by atoms with Crippen molar-refractivity contribution in [2.24, 2.45) is 11.8 Å². The number of Topliss-reactive ketones (excluding diaryl/α,β-unsaturated/α-hetero) is 2. The number of carbonyl (C=O) groups is 2. The van der Waals surface area contributed by atoms with Gasteiger partial charge in [-0.15, -0.1) is 0 Å². The lowest BCUT2D eigenvalue weighted by molar-refractivity contribution is -0.121. The summed E-state index contributed by atoms with van der Waals surface area (Å²) >= 11 is 0. The Morgan fingerprint density at radius 2 is 1.06 bits per heavy atom. The molecule has 0 atom stereocenters. The van der Waals surface area contributed by atoms with Gasteiger partial charge in [-0.1, -0.05) is 27.7 Å². The van der Waals surface area contributed by atoms with E-state index in [4.69, 9.17) is 0 Å². The molecule has 0 unspecified atom stereocenters. The summed E-state index contributed by atoms with van der Waals surface area (Å²) in [5.74, 6) is 1.59. The van der Waals surface area contributed by atoms with E-state index >= 15 is 0 Å². The van der Waals surface area contributed by atoms with Crippen LogP contribution in [0.5, 0.6) is 0 Å². The molecule has 0 spiro atoms. The summed E-state index contributed by atoms with van der Waals surface area (Å²) in [6, 6.07) is 0. The summed E-state index contributed by atoms with van der Waals surface area (Å²) in [7, 11) is 0. The first kappa shape index (κ1) is 15.3. The molecule has 0 bridgehead atoms. The molecule has 0 aliphatic heterocycles. The molecule has 0 aromatic carbocycles. The van der Waals surface area contributed by atoms with Gasteiger partial charge in [-0.25, -0.2) is 0 Å². The zero-order valence-electron chi connectivity index (χ0n) is 11.2. The topological polar surface area (TPSA) is 34.1 Å². The molecular weight excluding hydrogens is 200 g/mol. The zero-order chi connectivity index (χ0) is 12.6. The molecule has 2 nitrogen and oxygen atoms in total. The number of hydrogen-bond donors (Lipinski definition) is 0. The summed E-state index contributed by atoms with van der Waals surface area (Å²) in [4.78, 5) is 22.8. The van der Waals surface area contributed by atoms with E-state index in [0.29, 0.717) is 49.1 Å². The van der Waals surface area contributed by atoms with E-state index in [1.54, 1.807) is 0 Å². The molecule has 0 aromatic rings. The first-order chi connectivity index (χ1) is 7.41. The van der Waals surface area contributed by atoms with Crippen molar-refractivity contribution in [3.05, 3.63) is 0 Å². The average molecular weight is 226 g/mol. The van der Waals surface area contributed by atoms with Crippen molar-refractivity contribution in [3.63, 3.8) is 0 Å². The van der Waals surface area contributed by atoms with Gasteiger partial charge in [0.25, 0.3) is 0 Å². The molecule has 0 fully saturated rings. The maximum absolute atomic E-state index is 11.4. The van der Waals surface area contributed by atoms with Crippen LogP contribution in [0, 0.1) is 11.8 Å². The third kappa shape index (κ3) is 9.88. The minimum atomic E-state index is 0.339. The monoisotopic (exact) mass is 226 g/mol. The lowest BCUT2D eigenvalue weighted by atomic mass is 10.00. The molecule has 16 heavy (non-hydrogen) atoms. The summed E-state index contributed by atoms with van der Waals surface area (Å²) in [6.07, 6.45) is 4.39. The van der Waals surface area contributed by atoms with Gasteiger partial charge in [0.15, 0.2) is 0 Å². The fourth-order valence-electron chi connectivity index (χ4n) is 1.76. The Morgan fingerprint density at radius 1 is 0.750 bits per heavy atom. The Labute approximate surface area is 99.8 Å². The summed E-state index contributed by atoms with van der Waals surface area (Å²) in [5, 5.41) is 0. The highest BCUT2D eigenvalue weighted by molar-refractivity contribution is 5.79. The smallest absolute Gasteiger partial charge is 0.133 e. The summed E-state index contributed by atoms with van der Waals surface area (Å²) < 4.78 is 0. The van der Waals surface area contributed by atoms with E-state index < -0.39 is 0 Å². The Balaban J connectivity index is 3.46. The van der Waals surface area contributed by atoms with Crippen molar-refractivity contribution in [2.45, 2.75) is 66.2 Å². The lowest BCUT2D eigenvalue weighted by Gasteiger charge is -2.05. The van der Waals surface area contributed by atoms with Crippen LogP contribution in [-0.4, -0.2) is 11.6 Å². The van der Waals surface area contributed by atoms with Crippen LogP contribution in [0.2, 0.25) is 0 Å². The summed E-state index contributed by atoms with van der Waals surface area (Å²) in [5.41, 5.74) is 0. The maximum Gasteiger partial charge on any atom is 0.133 e. The first-order valence-corrected chi connectivity index (χ1v) is 6.45. The van der Waals surface area contributed by atoms with E-state index in [0.717, 1.165) is 12.8 Å². The van der Waals surface area contributed by atoms with Crippen LogP contribution in [0.4, 0.5) is 0 Å². The predicted octanol–water partition coefficient (Wildman–Crippen LogP) is 3.78. The van der Waals surface area contributed by atoms with Crippen molar-refractivity contribution in [1.82, 2.24) is 0 Å². The molecule has 0 N–H and O–H groups in total. The molecule has 0 aliphatic rings. The van der Waals surface area contributed by atoms with Crippen molar-refractivity contribution in [3.8, 4) is 0 Å². The molecular formula is C14H26O2. The molecule has 0 rings (SSSR count). The van der Waals surface area contributed by atoms with Crippen LogP contribution >= 0.6 is 0 Å². The molecule has 0 saturated heterocycles. The van der Waals surface area contributed by atoms with Crippen LogP contribution in [0.3, 0.4) is 0 Å². The first-order valence-electron chi connectivity index (χ1n) is 6.45. The van der Waals surface area contributed by atoms with Crippen LogP contribution in [0.1, 0.15) is 66.2 Å². The Hall–Kier alpha value is -0.660. The van der Waals surface area contributed by atoms with Gasteiger partial charge in [-0.3, -0.25) is 9.59 Å². The van der Waals surface area contributed by atoms with E-state index in [1.165, 1.54) is 0 Å². The van der Waals surface area contributed by atoms with Gasteiger partial charge < -0.3 is 0 Å². The Kier molecular flexibility index (Phi) is 8.14. The van der Waals surface area contributed by atoms with E-state index in [2.05, 4.69) is 27.7 Å². The third-order valence-electron chi connectivity index (χ3n) is 2.43. The van der Waals surface area contributed by atoms with Crippen molar-refractivity contribution in [1.29, 1.82) is 0 Å². The second kappa shape index (κ2) is 8.49. The number of ketones is 2. The molecule has 2 heteroatoms. The standard InChI is InChI=1S/C14H26O2/c1-11(2)9-13(15)7-5-6-8-14(16)10-12(3)4/h11-12H,5-10H2,1-4H3. The Bertz CT molecular complexity index is 193. The minimum Gasteiger partial charge on any atom is -0.300 e. The lowest BCUT2D eigenvalue weighted by Crippen LogP contribution is -2.05. The fraction of sp³-hybridized carbons (Fsp3) is 0.857. The molecule has 0 saturated carbocycles.